The molecule has 2 amide bonds. The molecule has 1 N–H and O–H groups in total. The second-order valence-corrected chi connectivity index (χ2v) is 7.01. The van der Waals surface area contributed by atoms with Crippen LogP contribution < -0.4 is 10.2 Å². The van der Waals surface area contributed by atoms with E-state index in [2.05, 4.69) is 37.4 Å². The minimum Gasteiger partial charge on any atom is -0.352 e. The number of amides is 2. The first-order valence-electron chi connectivity index (χ1n) is 9.25. The number of benzene rings is 2. The molecule has 0 unspecified atom stereocenters. The lowest BCUT2D eigenvalue weighted by atomic mass is 10.0. The largest absolute Gasteiger partial charge is 0.352 e. The SMILES string of the molecule is Cc1ccc(CCC(=O)NCc2cccc(N3CCCC3=O)c2)cc1C. The zero-order chi connectivity index (χ0) is 18.5. The topological polar surface area (TPSA) is 49.4 Å². The van der Waals surface area contributed by atoms with Gasteiger partial charge in [-0.1, -0.05) is 30.3 Å². The summed E-state index contributed by atoms with van der Waals surface area (Å²) in [6, 6.07) is 14.2. The molecule has 2 aromatic rings. The summed E-state index contributed by atoms with van der Waals surface area (Å²) in [6.45, 7) is 5.46. The molecule has 0 spiro atoms. The number of carbonyl (C=O) groups is 2. The van der Waals surface area contributed by atoms with E-state index in [4.69, 9.17) is 0 Å². The van der Waals surface area contributed by atoms with Crippen LogP contribution in [0.2, 0.25) is 0 Å². The summed E-state index contributed by atoms with van der Waals surface area (Å²) >= 11 is 0. The molecule has 1 fully saturated rings. The smallest absolute Gasteiger partial charge is 0.227 e. The number of aryl methyl sites for hydroxylation is 3. The predicted octanol–water partition coefficient (Wildman–Crippen LogP) is 3.68. The van der Waals surface area contributed by atoms with Gasteiger partial charge in [-0.2, -0.15) is 0 Å². The monoisotopic (exact) mass is 350 g/mol. The summed E-state index contributed by atoms with van der Waals surface area (Å²) in [5.74, 6) is 0.227. The Balaban J connectivity index is 1.51. The third-order valence-electron chi connectivity index (χ3n) is 5.00. The van der Waals surface area contributed by atoms with Crippen LogP contribution in [-0.2, 0) is 22.6 Å². The van der Waals surface area contributed by atoms with E-state index in [9.17, 15) is 9.59 Å². The van der Waals surface area contributed by atoms with Gasteiger partial charge in [0.05, 0.1) is 0 Å². The first-order valence-corrected chi connectivity index (χ1v) is 9.25. The van der Waals surface area contributed by atoms with Gasteiger partial charge in [0.25, 0.3) is 0 Å². The van der Waals surface area contributed by atoms with E-state index in [-0.39, 0.29) is 11.8 Å². The summed E-state index contributed by atoms with van der Waals surface area (Å²) in [5, 5.41) is 2.98. The lowest BCUT2D eigenvalue weighted by Gasteiger charge is -2.16. The summed E-state index contributed by atoms with van der Waals surface area (Å²) in [4.78, 5) is 25.9. The minimum absolute atomic E-state index is 0.0471. The number of anilines is 1. The fourth-order valence-corrected chi connectivity index (χ4v) is 3.26. The number of nitrogens with one attached hydrogen (secondary N) is 1. The van der Waals surface area contributed by atoms with Crippen molar-refractivity contribution in [3.8, 4) is 0 Å². The molecule has 3 rings (SSSR count). The van der Waals surface area contributed by atoms with Gasteiger partial charge in [0.1, 0.15) is 0 Å². The highest BCUT2D eigenvalue weighted by Crippen LogP contribution is 2.22. The lowest BCUT2D eigenvalue weighted by Crippen LogP contribution is -2.25. The highest BCUT2D eigenvalue weighted by atomic mass is 16.2. The molecule has 1 heterocycles. The summed E-state index contributed by atoms with van der Waals surface area (Å²) in [5.41, 5.74) is 5.67. The molecular weight excluding hydrogens is 324 g/mol. The van der Waals surface area contributed by atoms with Crippen LogP contribution >= 0.6 is 0 Å². The van der Waals surface area contributed by atoms with Crippen molar-refractivity contribution in [2.75, 3.05) is 11.4 Å². The van der Waals surface area contributed by atoms with Gasteiger partial charge < -0.3 is 10.2 Å². The van der Waals surface area contributed by atoms with Gasteiger partial charge in [0.2, 0.25) is 11.8 Å². The highest BCUT2D eigenvalue weighted by molar-refractivity contribution is 5.95. The third-order valence-corrected chi connectivity index (χ3v) is 5.00. The van der Waals surface area contributed by atoms with Crippen molar-refractivity contribution < 1.29 is 9.59 Å². The number of rotatable bonds is 6. The van der Waals surface area contributed by atoms with Gasteiger partial charge >= 0.3 is 0 Å². The molecule has 2 aromatic carbocycles. The van der Waals surface area contributed by atoms with Crippen LogP contribution in [0.5, 0.6) is 0 Å². The van der Waals surface area contributed by atoms with Crippen molar-refractivity contribution in [2.45, 2.75) is 46.1 Å². The zero-order valence-electron chi connectivity index (χ0n) is 15.5. The van der Waals surface area contributed by atoms with E-state index in [0.717, 1.165) is 30.6 Å². The van der Waals surface area contributed by atoms with Crippen molar-refractivity contribution in [2.24, 2.45) is 0 Å². The maximum absolute atomic E-state index is 12.2. The van der Waals surface area contributed by atoms with Crippen molar-refractivity contribution in [1.82, 2.24) is 5.32 Å². The number of nitrogens with zero attached hydrogens (tertiary/aromatic N) is 1. The molecule has 1 aliphatic heterocycles. The molecule has 0 aliphatic carbocycles. The Labute approximate surface area is 155 Å². The molecule has 0 atom stereocenters. The zero-order valence-corrected chi connectivity index (χ0v) is 15.5. The van der Waals surface area contributed by atoms with Crippen molar-refractivity contribution in [3.05, 3.63) is 64.7 Å². The molecule has 26 heavy (non-hydrogen) atoms. The molecule has 0 aromatic heterocycles. The standard InChI is InChI=1S/C22H26N2O2/c1-16-8-9-18(13-17(16)2)10-11-21(25)23-15-19-5-3-6-20(14-19)24-12-4-7-22(24)26/h3,5-6,8-9,13-14H,4,7,10-12,15H2,1-2H3,(H,23,25). The van der Waals surface area contributed by atoms with E-state index in [1.165, 1.54) is 16.7 Å². The first-order chi connectivity index (χ1) is 12.5. The van der Waals surface area contributed by atoms with Gasteiger partial charge in [-0.25, -0.2) is 0 Å². The molecule has 0 saturated carbocycles. The van der Waals surface area contributed by atoms with Crippen LogP contribution in [0.4, 0.5) is 5.69 Å². The van der Waals surface area contributed by atoms with Gasteiger partial charge in [-0.3, -0.25) is 9.59 Å². The Morgan fingerprint density at radius 3 is 2.65 bits per heavy atom. The molecule has 136 valence electrons. The van der Waals surface area contributed by atoms with E-state index in [0.29, 0.717) is 19.4 Å². The van der Waals surface area contributed by atoms with E-state index in [1.807, 2.05) is 29.2 Å². The molecule has 0 bridgehead atoms. The molecule has 0 radical (unpaired) electrons. The Morgan fingerprint density at radius 1 is 1.08 bits per heavy atom. The van der Waals surface area contributed by atoms with E-state index in [1.54, 1.807) is 0 Å². The second-order valence-electron chi connectivity index (χ2n) is 7.01. The maximum atomic E-state index is 12.2. The Hall–Kier alpha value is -2.62. The van der Waals surface area contributed by atoms with Crippen LogP contribution in [0.15, 0.2) is 42.5 Å². The third kappa shape index (κ3) is 4.51. The van der Waals surface area contributed by atoms with Crippen molar-refractivity contribution >= 4 is 17.5 Å². The van der Waals surface area contributed by atoms with Crippen LogP contribution in [0.3, 0.4) is 0 Å². The van der Waals surface area contributed by atoms with Gasteiger partial charge in [-0.15, -0.1) is 0 Å². The van der Waals surface area contributed by atoms with Crippen LogP contribution in [0, 0.1) is 13.8 Å². The normalized spacial score (nSPS) is 13.9. The number of hydrogen-bond acceptors (Lipinski definition) is 2. The quantitative estimate of drug-likeness (QED) is 0.864. The average Bonchev–Trinajstić information content (AvgIpc) is 3.07. The molecule has 1 aliphatic rings. The van der Waals surface area contributed by atoms with Gasteiger partial charge in [0, 0.05) is 31.6 Å². The Bertz CT molecular complexity index is 814. The summed E-state index contributed by atoms with van der Waals surface area (Å²) in [6.07, 6.45) is 2.76. The molecule has 4 nitrogen and oxygen atoms in total. The average molecular weight is 350 g/mol. The maximum Gasteiger partial charge on any atom is 0.227 e. The van der Waals surface area contributed by atoms with Crippen LogP contribution in [0.25, 0.3) is 0 Å². The van der Waals surface area contributed by atoms with E-state index < -0.39 is 0 Å². The van der Waals surface area contributed by atoms with Crippen molar-refractivity contribution in [3.63, 3.8) is 0 Å². The molecular formula is C22H26N2O2. The van der Waals surface area contributed by atoms with E-state index >= 15 is 0 Å². The lowest BCUT2D eigenvalue weighted by molar-refractivity contribution is -0.121. The fourth-order valence-electron chi connectivity index (χ4n) is 3.26. The highest BCUT2D eigenvalue weighted by Gasteiger charge is 2.21. The molecule has 1 saturated heterocycles. The first kappa shape index (κ1) is 18.2. The van der Waals surface area contributed by atoms with Gasteiger partial charge in [-0.05, 0) is 61.1 Å². The van der Waals surface area contributed by atoms with Gasteiger partial charge in [0.15, 0.2) is 0 Å². The predicted molar refractivity (Wildman–Crippen MR) is 104 cm³/mol. The molecule has 4 heteroatoms. The Morgan fingerprint density at radius 2 is 1.92 bits per heavy atom. The number of carbonyl (C=O) groups excluding carboxylic acids is 2. The Kier molecular flexibility index (Phi) is 5.71. The fraction of sp³-hybridized carbons (Fsp3) is 0.364. The van der Waals surface area contributed by atoms with Crippen molar-refractivity contribution in [1.29, 1.82) is 0 Å². The second kappa shape index (κ2) is 8.17. The van der Waals surface area contributed by atoms with Crippen LogP contribution in [0.1, 0.15) is 41.5 Å². The number of hydrogen-bond donors (Lipinski definition) is 1. The summed E-state index contributed by atoms with van der Waals surface area (Å²) < 4.78 is 0. The van der Waals surface area contributed by atoms with Crippen LogP contribution in [-0.4, -0.2) is 18.4 Å². The minimum atomic E-state index is 0.0471. The summed E-state index contributed by atoms with van der Waals surface area (Å²) in [7, 11) is 0.